The van der Waals surface area contributed by atoms with Gasteiger partial charge < -0.3 is 5.73 Å². The highest BCUT2D eigenvalue weighted by atomic mass is 28.3. The first-order valence-corrected chi connectivity index (χ1v) is 8.41. The third-order valence-corrected chi connectivity index (χ3v) is 2.62. The van der Waals surface area contributed by atoms with Crippen molar-refractivity contribution < 1.29 is 4.84 Å². The quantitative estimate of drug-likeness (QED) is 0.456. The topological polar surface area (TPSA) is 47.3 Å². The normalized spacial score (nSPS) is 11.4. The van der Waals surface area contributed by atoms with Crippen LogP contribution in [0, 0.1) is 0 Å². The summed E-state index contributed by atoms with van der Waals surface area (Å²) in [5.41, 5.74) is 10.2. The molecule has 0 aromatic heterocycles. The zero-order valence-corrected chi connectivity index (χ0v) is 10.0. The maximum atomic E-state index is 5.56. The molecular formula is C10H18N2OSi. The number of nitrogens with two attached hydrogens (primary N) is 1. The molecule has 0 aliphatic rings. The first-order valence-electron chi connectivity index (χ1n) is 4.71. The number of nitrogen functional groups attached to an aromatic ring is 1. The van der Waals surface area contributed by atoms with Crippen molar-refractivity contribution >= 4 is 19.4 Å². The molecular weight excluding hydrogens is 192 g/mol. The van der Waals surface area contributed by atoms with Crippen molar-refractivity contribution in [3.63, 3.8) is 0 Å². The van der Waals surface area contributed by atoms with Gasteiger partial charge in [0.15, 0.2) is 0 Å². The number of anilines is 2. The summed E-state index contributed by atoms with van der Waals surface area (Å²) in [5.74, 6) is 0. The smallest absolute Gasteiger partial charge is 0.0780 e. The molecule has 0 saturated carbocycles. The van der Waals surface area contributed by atoms with Crippen LogP contribution < -0.4 is 11.2 Å². The fourth-order valence-electron chi connectivity index (χ4n) is 0.887. The molecule has 0 bridgehead atoms. The molecule has 3 N–H and O–H groups in total. The third kappa shape index (κ3) is 4.29. The van der Waals surface area contributed by atoms with Gasteiger partial charge in [-0.15, -0.1) is 0 Å². The van der Waals surface area contributed by atoms with E-state index >= 15 is 0 Å². The van der Waals surface area contributed by atoms with E-state index in [1.807, 2.05) is 24.3 Å². The second kappa shape index (κ2) is 4.48. The van der Waals surface area contributed by atoms with Crippen LogP contribution in [0.25, 0.3) is 0 Å². The average Bonchev–Trinajstić information content (AvgIpc) is 2.06. The number of rotatable bonds is 4. The van der Waals surface area contributed by atoms with Crippen molar-refractivity contribution in [1.82, 2.24) is 0 Å². The van der Waals surface area contributed by atoms with Gasteiger partial charge in [-0.05, 0) is 24.3 Å². The molecule has 0 radical (unpaired) electrons. The molecule has 78 valence electrons. The minimum Gasteiger partial charge on any atom is -0.399 e. The zero-order chi connectivity index (χ0) is 10.6. The third-order valence-electron chi connectivity index (χ3n) is 1.61. The van der Waals surface area contributed by atoms with Crippen LogP contribution in [-0.4, -0.2) is 14.3 Å². The Bertz CT molecular complexity index is 279. The fraction of sp³-hybridized carbons (Fsp3) is 0.400. The molecule has 3 nitrogen and oxygen atoms in total. The molecule has 0 heterocycles. The summed E-state index contributed by atoms with van der Waals surface area (Å²) in [6.45, 7) is 6.78. The van der Waals surface area contributed by atoms with Crippen LogP contribution in [0.2, 0.25) is 19.6 Å². The highest BCUT2D eigenvalue weighted by Gasteiger charge is 2.12. The van der Waals surface area contributed by atoms with Crippen molar-refractivity contribution in [1.29, 1.82) is 0 Å². The maximum Gasteiger partial charge on any atom is 0.0780 e. The molecule has 0 aliphatic carbocycles. The van der Waals surface area contributed by atoms with Gasteiger partial charge in [0.1, 0.15) is 0 Å². The van der Waals surface area contributed by atoms with Crippen LogP contribution in [0.15, 0.2) is 24.3 Å². The van der Waals surface area contributed by atoms with Gasteiger partial charge in [0.05, 0.1) is 20.0 Å². The van der Waals surface area contributed by atoms with Crippen molar-refractivity contribution in [3.8, 4) is 0 Å². The fourth-order valence-corrected chi connectivity index (χ4v) is 1.39. The average molecular weight is 210 g/mol. The number of nitrogens with one attached hydrogen (secondary N) is 1. The van der Waals surface area contributed by atoms with E-state index < -0.39 is 8.07 Å². The Balaban J connectivity index is 2.35. The summed E-state index contributed by atoms with van der Waals surface area (Å²) in [6, 6.07) is 7.50. The standard InChI is InChI=1S/C10H18N2OSi/c1-14(2,3)8-13-12-10-6-4-9(11)5-7-10/h4-7,12H,8,11H2,1-3H3. The lowest BCUT2D eigenvalue weighted by molar-refractivity contribution is 0.241. The molecule has 0 aliphatic heterocycles. The van der Waals surface area contributed by atoms with Crippen LogP contribution in [0.5, 0.6) is 0 Å². The van der Waals surface area contributed by atoms with Crippen molar-refractivity contribution in [2.24, 2.45) is 0 Å². The predicted molar refractivity (Wildman–Crippen MR) is 63.8 cm³/mol. The second-order valence-corrected chi connectivity index (χ2v) is 9.98. The molecule has 1 rings (SSSR count). The first kappa shape index (κ1) is 11.1. The molecule has 0 unspecified atom stereocenters. The lowest BCUT2D eigenvalue weighted by atomic mass is 10.3. The lowest BCUT2D eigenvalue weighted by Crippen LogP contribution is -2.29. The molecule has 0 saturated heterocycles. The van der Waals surface area contributed by atoms with E-state index in [-0.39, 0.29) is 0 Å². The summed E-state index contributed by atoms with van der Waals surface area (Å²) in [7, 11) is -1.13. The van der Waals surface area contributed by atoms with Gasteiger partial charge in [-0.25, -0.2) is 0 Å². The predicted octanol–water partition coefficient (Wildman–Crippen LogP) is 2.49. The molecule has 1 aromatic carbocycles. The largest absolute Gasteiger partial charge is 0.399 e. The lowest BCUT2D eigenvalue weighted by Gasteiger charge is -2.16. The van der Waals surface area contributed by atoms with Gasteiger partial charge in [0.2, 0.25) is 0 Å². The van der Waals surface area contributed by atoms with E-state index in [0.717, 1.165) is 17.6 Å². The Morgan fingerprint density at radius 2 is 1.79 bits per heavy atom. The van der Waals surface area contributed by atoms with Gasteiger partial charge in [-0.1, -0.05) is 19.6 Å². The molecule has 4 heteroatoms. The van der Waals surface area contributed by atoms with E-state index in [1.165, 1.54) is 0 Å². The maximum absolute atomic E-state index is 5.56. The number of hydrogen-bond acceptors (Lipinski definition) is 3. The van der Waals surface area contributed by atoms with Crippen molar-refractivity contribution in [2.45, 2.75) is 19.6 Å². The monoisotopic (exact) mass is 210 g/mol. The summed E-state index contributed by atoms with van der Waals surface area (Å²) in [4.78, 5) is 5.39. The number of benzene rings is 1. The minimum absolute atomic E-state index is 0.765. The minimum atomic E-state index is -1.13. The van der Waals surface area contributed by atoms with Crippen LogP contribution >= 0.6 is 0 Å². The van der Waals surface area contributed by atoms with E-state index in [4.69, 9.17) is 10.6 Å². The zero-order valence-electron chi connectivity index (χ0n) is 9.00. The number of hydrogen-bond donors (Lipinski definition) is 2. The summed E-state index contributed by atoms with van der Waals surface area (Å²) >= 11 is 0. The Hall–Kier alpha value is -1.00. The molecule has 1 aromatic rings. The Labute approximate surface area is 86.2 Å². The van der Waals surface area contributed by atoms with Gasteiger partial charge in [-0.2, -0.15) is 0 Å². The van der Waals surface area contributed by atoms with Gasteiger partial charge in [0.25, 0.3) is 0 Å². The van der Waals surface area contributed by atoms with Crippen LogP contribution in [0.3, 0.4) is 0 Å². The summed E-state index contributed by atoms with van der Waals surface area (Å²) < 4.78 is 0. The molecule has 0 spiro atoms. The van der Waals surface area contributed by atoms with Gasteiger partial charge in [0, 0.05) is 5.69 Å². The van der Waals surface area contributed by atoms with Crippen LogP contribution in [0.4, 0.5) is 11.4 Å². The van der Waals surface area contributed by atoms with E-state index in [1.54, 1.807) is 0 Å². The van der Waals surface area contributed by atoms with E-state index in [2.05, 4.69) is 25.1 Å². The van der Waals surface area contributed by atoms with E-state index in [9.17, 15) is 0 Å². The molecule has 14 heavy (non-hydrogen) atoms. The molecule has 0 fully saturated rings. The van der Waals surface area contributed by atoms with E-state index in [0.29, 0.717) is 0 Å². The van der Waals surface area contributed by atoms with Crippen molar-refractivity contribution in [2.75, 3.05) is 17.4 Å². The van der Waals surface area contributed by atoms with Gasteiger partial charge in [-0.3, -0.25) is 10.3 Å². The molecule has 0 atom stereocenters. The Morgan fingerprint density at radius 1 is 1.21 bits per heavy atom. The SMILES string of the molecule is C[Si](C)(C)CONc1ccc(N)cc1. The first-order chi connectivity index (χ1) is 6.47. The highest BCUT2D eigenvalue weighted by Crippen LogP contribution is 2.11. The second-order valence-electron chi connectivity index (χ2n) is 4.57. The van der Waals surface area contributed by atoms with Crippen LogP contribution in [0.1, 0.15) is 0 Å². The Kier molecular flexibility index (Phi) is 3.54. The molecule has 0 amide bonds. The highest BCUT2D eigenvalue weighted by molar-refractivity contribution is 6.76. The van der Waals surface area contributed by atoms with Crippen LogP contribution in [-0.2, 0) is 4.84 Å². The summed E-state index contributed by atoms with van der Waals surface area (Å²) in [5, 5.41) is 0. The van der Waals surface area contributed by atoms with Crippen molar-refractivity contribution in [3.05, 3.63) is 24.3 Å². The summed E-state index contributed by atoms with van der Waals surface area (Å²) in [6.07, 6.45) is 0.803. The van der Waals surface area contributed by atoms with Gasteiger partial charge >= 0.3 is 0 Å². The Morgan fingerprint density at radius 3 is 2.29 bits per heavy atom.